The highest BCUT2D eigenvalue weighted by atomic mass is 19.2. The second-order valence-electron chi connectivity index (χ2n) is 6.56. The minimum absolute atomic E-state index is 0.0330. The average Bonchev–Trinajstić information content (AvgIpc) is 2.62. The van der Waals surface area contributed by atoms with Crippen molar-refractivity contribution in [2.45, 2.75) is 32.6 Å². The smallest absolute Gasteiger partial charge is 0.349 e. The van der Waals surface area contributed by atoms with Gasteiger partial charge >= 0.3 is 5.97 Å². The van der Waals surface area contributed by atoms with Crippen molar-refractivity contribution in [3.8, 4) is 5.75 Å². The van der Waals surface area contributed by atoms with Gasteiger partial charge in [-0.3, -0.25) is 0 Å². The van der Waals surface area contributed by atoms with Gasteiger partial charge in [-0.05, 0) is 65.6 Å². The standard InChI is InChI=1S/C22H18F4O2/c1-2-3-4-5-13-8-19(25)21(20(26)9-13)22(27)28-16-7-6-14-11-17(23)18(24)12-15(14)10-16/h6-12H,2-5H2,1H3. The van der Waals surface area contributed by atoms with Crippen LogP contribution in [0.1, 0.15) is 42.1 Å². The molecule has 0 unspecified atom stereocenters. The van der Waals surface area contributed by atoms with Crippen LogP contribution in [0.3, 0.4) is 0 Å². The van der Waals surface area contributed by atoms with Gasteiger partial charge in [-0.2, -0.15) is 0 Å². The van der Waals surface area contributed by atoms with E-state index in [0.717, 1.165) is 43.5 Å². The first-order chi connectivity index (χ1) is 13.4. The first-order valence-electron chi connectivity index (χ1n) is 8.98. The van der Waals surface area contributed by atoms with Gasteiger partial charge in [-0.15, -0.1) is 0 Å². The van der Waals surface area contributed by atoms with E-state index in [1.165, 1.54) is 18.2 Å². The Kier molecular flexibility index (Phi) is 5.97. The van der Waals surface area contributed by atoms with Crippen LogP contribution in [0.25, 0.3) is 10.8 Å². The quantitative estimate of drug-likeness (QED) is 0.212. The molecule has 0 aliphatic rings. The van der Waals surface area contributed by atoms with Crippen LogP contribution in [0.2, 0.25) is 0 Å². The summed E-state index contributed by atoms with van der Waals surface area (Å²) in [6.45, 7) is 2.03. The Morgan fingerprint density at radius 2 is 1.46 bits per heavy atom. The van der Waals surface area contributed by atoms with Gasteiger partial charge in [-0.1, -0.05) is 25.8 Å². The van der Waals surface area contributed by atoms with Crippen molar-refractivity contribution >= 4 is 16.7 Å². The third kappa shape index (κ3) is 4.32. The van der Waals surface area contributed by atoms with Crippen molar-refractivity contribution in [1.29, 1.82) is 0 Å². The number of hydrogen-bond donors (Lipinski definition) is 0. The van der Waals surface area contributed by atoms with Gasteiger partial charge in [0.1, 0.15) is 22.9 Å². The lowest BCUT2D eigenvalue weighted by atomic mass is 10.0. The van der Waals surface area contributed by atoms with E-state index in [-0.39, 0.29) is 11.1 Å². The zero-order chi connectivity index (χ0) is 20.3. The molecule has 0 atom stereocenters. The predicted molar refractivity (Wildman–Crippen MR) is 98.4 cm³/mol. The summed E-state index contributed by atoms with van der Waals surface area (Å²) in [4.78, 5) is 12.2. The summed E-state index contributed by atoms with van der Waals surface area (Å²) in [5.41, 5.74) is -0.312. The maximum atomic E-state index is 14.3. The molecule has 0 heterocycles. The van der Waals surface area contributed by atoms with Crippen molar-refractivity contribution in [2.24, 2.45) is 0 Å². The van der Waals surface area contributed by atoms with Gasteiger partial charge in [0.05, 0.1) is 0 Å². The summed E-state index contributed by atoms with van der Waals surface area (Å²) in [6.07, 6.45) is 3.24. The number of esters is 1. The van der Waals surface area contributed by atoms with E-state index in [0.29, 0.717) is 17.4 Å². The average molecular weight is 390 g/mol. The van der Waals surface area contributed by atoms with Crippen LogP contribution in [-0.4, -0.2) is 5.97 Å². The molecule has 0 amide bonds. The molecule has 0 aromatic heterocycles. The number of carbonyl (C=O) groups excluding carboxylic acids is 1. The van der Waals surface area contributed by atoms with Crippen LogP contribution in [0.15, 0.2) is 42.5 Å². The molecule has 0 radical (unpaired) electrons. The van der Waals surface area contributed by atoms with Gasteiger partial charge in [0.15, 0.2) is 11.6 Å². The lowest BCUT2D eigenvalue weighted by molar-refractivity contribution is 0.0725. The number of aryl methyl sites for hydroxylation is 1. The number of unbranched alkanes of at least 4 members (excludes halogenated alkanes) is 2. The predicted octanol–water partition coefficient (Wildman–Crippen LogP) is 6.35. The van der Waals surface area contributed by atoms with E-state index < -0.39 is 34.8 Å². The van der Waals surface area contributed by atoms with E-state index in [1.54, 1.807) is 0 Å². The highest BCUT2D eigenvalue weighted by Crippen LogP contribution is 2.25. The van der Waals surface area contributed by atoms with E-state index in [1.807, 2.05) is 6.92 Å². The lowest BCUT2D eigenvalue weighted by Crippen LogP contribution is -2.14. The topological polar surface area (TPSA) is 26.3 Å². The fourth-order valence-corrected chi connectivity index (χ4v) is 2.99. The Bertz CT molecular complexity index is 1010. The molecule has 3 aromatic carbocycles. The van der Waals surface area contributed by atoms with Crippen molar-refractivity contribution in [3.63, 3.8) is 0 Å². The Morgan fingerprint density at radius 3 is 2.11 bits per heavy atom. The van der Waals surface area contributed by atoms with Gasteiger partial charge in [0.25, 0.3) is 0 Å². The molecule has 0 saturated heterocycles. The van der Waals surface area contributed by atoms with Gasteiger partial charge in [-0.25, -0.2) is 22.4 Å². The van der Waals surface area contributed by atoms with Gasteiger partial charge in [0.2, 0.25) is 0 Å². The molecule has 0 saturated carbocycles. The molecule has 0 bridgehead atoms. The number of halogens is 4. The normalized spacial score (nSPS) is 11.0. The van der Waals surface area contributed by atoms with Crippen molar-refractivity contribution < 1.29 is 27.1 Å². The van der Waals surface area contributed by atoms with Crippen molar-refractivity contribution in [3.05, 3.63) is 76.9 Å². The Balaban J connectivity index is 1.82. The zero-order valence-electron chi connectivity index (χ0n) is 15.2. The molecule has 0 aliphatic carbocycles. The van der Waals surface area contributed by atoms with Crippen LogP contribution < -0.4 is 4.74 Å². The minimum atomic E-state index is -1.20. The molecule has 0 aliphatic heterocycles. The van der Waals surface area contributed by atoms with Gasteiger partial charge < -0.3 is 4.74 Å². The monoisotopic (exact) mass is 390 g/mol. The van der Waals surface area contributed by atoms with Crippen LogP contribution in [-0.2, 0) is 6.42 Å². The molecular weight excluding hydrogens is 372 g/mol. The first kappa shape index (κ1) is 19.9. The summed E-state index contributed by atoms with van der Waals surface area (Å²) in [5, 5.41) is 0.684. The SMILES string of the molecule is CCCCCc1cc(F)c(C(=O)Oc2ccc3cc(F)c(F)cc3c2)c(F)c1. The van der Waals surface area contributed by atoms with Crippen molar-refractivity contribution in [1.82, 2.24) is 0 Å². The van der Waals surface area contributed by atoms with Gasteiger partial charge in [0, 0.05) is 0 Å². The summed E-state index contributed by atoms with van der Waals surface area (Å²) in [5.74, 6) is -5.27. The summed E-state index contributed by atoms with van der Waals surface area (Å²) >= 11 is 0. The Hall–Kier alpha value is -2.89. The number of hydrogen-bond acceptors (Lipinski definition) is 2. The summed E-state index contributed by atoms with van der Waals surface area (Å²) in [7, 11) is 0. The summed E-state index contributed by atoms with van der Waals surface area (Å²) < 4.78 is 60.3. The largest absolute Gasteiger partial charge is 0.423 e. The van der Waals surface area contributed by atoms with Crippen LogP contribution >= 0.6 is 0 Å². The minimum Gasteiger partial charge on any atom is -0.423 e. The van der Waals surface area contributed by atoms with Crippen molar-refractivity contribution in [2.75, 3.05) is 0 Å². The molecule has 28 heavy (non-hydrogen) atoms. The fraction of sp³-hybridized carbons (Fsp3) is 0.227. The molecule has 3 aromatic rings. The molecule has 0 N–H and O–H groups in total. The second kappa shape index (κ2) is 8.42. The number of ether oxygens (including phenoxy) is 1. The molecule has 3 rings (SSSR count). The fourth-order valence-electron chi connectivity index (χ4n) is 2.99. The molecular formula is C22H18F4O2. The zero-order valence-corrected chi connectivity index (χ0v) is 15.2. The van der Waals surface area contributed by atoms with E-state index in [2.05, 4.69) is 0 Å². The maximum Gasteiger partial charge on any atom is 0.349 e. The highest BCUT2D eigenvalue weighted by molar-refractivity contribution is 5.92. The summed E-state index contributed by atoms with van der Waals surface area (Å²) in [6, 6.07) is 8.28. The molecule has 2 nitrogen and oxygen atoms in total. The van der Waals surface area contributed by atoms with E-state index in [9.17, 15) is 22.4 Å². The van der Waals surface area contributed by atoms with E-state index >= 15 is 0 Å². The lowest BCUT2D eigenvalue weighted by Gasteiger charge is -2.09. The third-order valence-corrected chi connectivity index (χ3v) is 4.44. The number of carbonyl (C=O) groups is 1. The molecule has 0 spiro atoms. The molecule has 146 valence electrons. The molecule has 6 heteroatoms. The number of benzene rings is 3. The molecule has 0 fully saturated rings. The Labute approximate surface area is 159 Å². The number of fused-ring (bicyclic) bond motifs is 1. The van der Waals surface area contributed by atoms with E-state index in [4.69, 9.17) is 4.74 Å². The first-order valence-corrected chi connectivity index (χ1v) is 8.98. The van der Waals surface area contributed by atoms with Crippen LogP contribution in [0.5, 0.6) is 5.75 Å². The maximum absolute atomic E-state index is 14.3. The third-order valence-electron chi connectivity index (χ3n) is 4.44. The van der Waals surface area contributed by atoms with Crippen LogP contribution in [0, 0.1) is 23.3 Å². The number of rotatable bonds is 6. The van der Waals surface area contributed by atoms with Crippen LogP contribution in [0.4, 0.5) is 17.6 Å². The Morgan fingerprint density at radius 1 is 0.821 bits per heavy atom. The second-order valence-corrected chi connectivity index (χ2v) is 6.56. The highest BCUT2D eigenvalue weighted by Gasteiger charge is 2.21.